The summed E-state index contributed by atoms with van der Waals surface area (Å²) in [6, 6.07) is 8.17. The van der Waals surface area contributed by atoms with Gasteiger partial charge < -0.3 is 10.1 Å². The average Bonchev–Trinajstić information content (AvgIpc) is 2.59. The standard InChI is InChI=1S/C13H18N2O/c16-14-11-12-5-7-13(8-6-12)15-9-3-1-2-4-10-15/h5-8,11,16H,1-4,9-10H2/b14-11-. The van der Waals surface area contributed by atoms with E-state index in [0.29, 0.717) is 0 Å². The first-order valence-electron chi connectivity index (χ1n) is 5.92. The van der Waals surface area contributed by atoms with E-state index in [1.807, 2.05) is 12.1 Å². The van der Waals surface area contributed by atoms with Crippen molar-refractivity contribution in [2.45, 2.75) is 25.7 Å². The van der Waals surface area contributed by atoms with Crippen molar-refractivity contribution in [3.63, 3.8) is 0 Å². The maximum Gasteiger partial charge on any atom is 0.0733 e. The van der Waals surface area contributed by atoms with Crippen LogP contribution in [0.5, 0.6) is 0 Å². The molecule has 1 aromatic rings. The molecule has 1 N–H and O–H groups in total. The minimum Gasteiger partial charge on any atom is -0.411 e. The van der Waals surface area contributed by atoms with E-state index in [1.54, 1.807) is 0 Å². The molecule has 1 aliphatic rings. The maximum absolute atomic E-state index is 8.43. The summed E-state index contributed by atoms with van der Waals surface area (Å²) >= 11 is 0. The molecule has 86 valence electrons. The van der Waals surface area contributed by atoms with Crippen LogP contribution >= 0.6 is 0 Å². The Morgan fingerprint density at radius 2 is 1.62 bits per heavy atom. The van der Waals surface area contributed by atoms with Crippen LogP contribution in [0, 0.1) is 0 Å². The van der Waals surface area contributed by atoms with E-state index in [1.165, 1.54) is 37.6 Å². The molecule has 0 saturated carbocycles. The summed E-state index contributed by atoms with van der Waals surface area (Å²) in [7, 11) is 0. The largest absolute Gasteiger partial charge is 0.411 e. The molecule has 3 nitrogen and oxygen atoms in total. The van der Waals surface area contributed by atoms with Gasteiger partial charge in [0.25, 0.3) is 0 Å². The molecule has 0 amide bonds. The molecule has 1 fully saturated rings. The zero-order valence-corrected chi connectivity index (χ0v) is 9.47. The van der Waals surface area contributed by atoms with Gasteiger partial charge in [0.05, 0.1) is 6.21 Å². The lowest BCUT2D eigenvalue weighted by atomic mass is 10.2. The Kier molecular flexibility index (Phi) is 3.81. The molecule has 0 aromatic heterocycles. The molecule has 1 aliphatic heterocycles. The Hall–Kier alpha value is -1.51. The Morgan fingerprint density at radius 1 is 1.00 bits per heavy atom. The number of hydrogen-bond acceptors (Lipinski definition) is 3. The fourth-order valence-electron chi connectivity index (χ4n) is 2.17. The Morgan fingerprint density at radius 3 is 2.19 bits per heavy atom. The van der Waals surface area contributed by atoms with Crippen molar-refractivity contribution in [3.05, 3.63) is 29.8 Å². The van der Waals surface area contributed by atoms with Crippen LogP contribution in [0.3, 0.4) is 0 Å². The number of hydrogen-bond donors (Lipinski definition) is 1. The van der Waals surface area contributed by atoms with Crippen LogP contribution in [0.25, 0.3) is 0 Å². The summed E-state index contributed by atoms with van der Waals surface area (Å²) < 4.78 is 0. The highest BCUT2D eigenvalue weighted by atomic mass is 16.4. The van der Waals surface area contributed by atoms with Crippen LogP contribution in [0.1, 0.15) is 31.2 Å². The molecule has 1 heterocycles. The monoisotopic (exact) mass is 218 g/mol. The van der Waals surface area contributed by atoms with Gasteiger partial charge in [-0.2, -0.15) is 0 Å². The highest BCUT2D eigenvalue weighted by Crippen LogP contribution is 2.19. The van der Waals surface area contributed by atoms with Gasteiger partial charge >= 0.3 is 0 Å². The SMILES string of the molecule is O/N=C\c1ccc(N2CCCCCC2)cc1. The van der Waals surface area contributed by atoms with E-state index < -0.39 is 0 Å². The molecule has 0 atom stereocenters. The van der Waals surface area contributed by atoms with Gasteiger partial charge in [-0.05, 0) is 30.5 Å². The van der Waals surface area contributed by atoms with Crippen LogP contribution in [-0.4, -0.2) is 24.5 Å². The minimum atomic E-state index is 0.932. The molecular formula is C13H18N2O. The first-order valence-corrected chi connectivity index (χ1v) is 5.92. The molecule has 0 spiro atoms. The molecule has 0 unspecified atom stereocenters. The maximum atomic E-state index is 8.43. The van der Waals surface area contributed by atoms with Crippen molar-refractivity contribution in [2.75, 3.05) is 18.0 Å². The number of anilines is 1. The van der Waals surface area contributed by atoms with Gasteiger partial charge in [-0.15, -0.1) is 0 Å². The van der Waals surface area contributed by atoms with Gasteiger partial charge in [-0.1, -0.05) is 30.1 Å². The second-order valence-electron chi connectivity index (χ2n) is 4.24. The zero-order chi connectivity index (χ0) is 11.2. The van der Waals surface area contributed by atoms with Crippen LogP contribution in [0.15, 0.2) is 29.4 Å². The van der Waals surface area contributed by atoms with Crippen molar-refractivity contribution >= 4 is 11.9 Å². The van der Waals surface area contributed by atoms with E-state index in [0.717, 1.165) is 18.7 Å². The topological polar surface area (TPSA) is 35.8 Å². The predicted octanol–water partition coefficient (Wildman–Crippen LogP) is 2.88. The fraction of sp³-hybridized carbons (Fsp3) is 0.462. The second kappa shape index (κ2) is 5.54. The van der Waals surface area contributed by atoms with Crippen molar-refractivity contribution in [1.82, 2.24) is 0 Å². The van der Waals surface area contributed by atoms with E-state index in [-0.39, 0.29) is 0 Å². The molecule has 0 bridgehead atoms. The molecule has 3 heteroatoms. The summed E-state index contributed by atoms with van der Waals surface area (Å²) in [6.45, 7) is 2.32. The number of oxime groups is 1. The Bertz CT molecular complexity index is 337. The van der Waals surface area contributed by atoms with E-state index >= 15 is 0 Å². The van der Waals surface area contributed by atoms with Crippen LogP contribution < -0.4 is 4.90 Å². The summed E-state index contributed by atoms with van der Waals surface area (Å²) in [5.74, 6) is 0. The predicted molar refractivity (Wildman–Crippen MR) is 66.5 cm³/mol. The van der Waals surface area contributed by atoms with Crippen LogP contribution in [-0.2, 0) is 0 Å². The highest BCUT2D eigenvalue weighted by Gasteiger charge is 2.09. The minimum absolute atomic E-state index is 0.932. The second-order valence-corrected chi connectivity index (χ2v) is 4.24. The van der Waals surface area contributed by atoms with E-state index in [4.69, 9.17) is 5.21 Å². The summed E-state index contributed by atoms with van der Waals surface area (Å²) in [5, 5.41) is 11.5. The van der Waals surface area contributed by atoms with Gasteiger partial charge in [0.15, 0.2) is 0 Å². The molecule has 1 saturated heterocycles. The van der Waals surface area contributed by atoms with Gasteiger partial charge in [-0.3, -0.25) is 0 Å². The smallest absolute Gasteiger partial charge is 0.0733 e. The van der Waals surface area contributed by atoms with Crippen molar-refractivity contribution in [1.29, 1.82) is 0 Å². The summed E-state index contributed by atoms with van der Waals surface area (Å²) in [5.41, 5.74) is 2.21. The molecule has 0 aliphatic carbocycles. The summed E-state index contributed by atoms with van der Waals surface area (Å²) in [6.07, 6.45) is 6.74. The quantitative estimate of drug-likeness (QED) is 0.470. The van der Waals surface area contributed by atoms with Gasteiger partial charge in [0, 0.05) is 18.8 Å². The van der Waals surface area contributed by atoms with Crippen LogP contribution in [0.4, 0.5) is 5.69 Å². The van der Waals surface area contributed by atoms with Crippen molar-refractivity contribution in [2.24, 2.45) is 5.16 Å². The van der Waals surface area contributed by atoms with Crippen molar-refractivity contribution in [3.8, 4) is 0 Å². The fourth-order valence-corrected chi connectivity index (χ4v) is 2.17. The van der Waals surface area contributed by atoms with Gasteiger partial charge in [-0.25, -0.2) is 0 Å². The molecular weight excluding hydrogens is 200 g/mol. The third-order valence-electron chi connectivity index (χ3n) is 3.07. The third kappa shape index (κ3) is 2.75. The number of rotatable bonds is 2. The zero-order valence-electron chi connectivity index (χ0n) is 9.47. The lowest BCUT2D eigenvalue weighted by molar-refractivity contribution is 0.322. The Labute approximate surface area is 96.4 Å². The van der Waals surface area contributed by atoms with Crippen molar-refractivity contribution < 1.29 is 5.21 Å². The van der Waals surface area contributed by atoms with E-state index in [2.05, 4.69) is 22.2 Å². The molecule has 1 aromatic carbocycles. The normalized spacial score (nSPS) is 17.6. The third-order valence-corrected chi connectivity index (χ3v) is 3.07. The average molecular weight is 218 g/mol. The first-order chi connectivity index (χ1) is 7.90. The highest BCUT2D eigenvalue weighted by molar-refractivity contribution is 5.79. The first kappa shape index (κ1) is 11.0. The molecule has 0 radical (unpaired) electrons. The lowest BCUT2D eigenvalue weighted by Gasteiger charge is -2.22. The summed E-state index contributed by atoms with van der Waals surface area (Å²) in [4.78, 5) is 2.44. The number of nitrogens with zero attached hydrogens (tertiary/aromatic N) is 2. The van der Waals surface area contributed by atoms with E-state index in [9.17, 15) is 0 Å². The van der Waals surface area contributed by atoms with Gasteiger partial charge in [0.1, 0.15) is 0 Å². The lowest BCUT2D eigenvalue weighted by Crippen LogP contribution is -2.23. The van der Waals surface area contributed by atoms with Crippen LogP contribution in [0.2, 0.25) is 0 Å². The van der Waals surface area contributed by atoms with Gasteiger partial charge in [0.2, 0.25) is 0 Å². The number of benzene rings is 1. The molecule has 16 heavy (non-hydrogen) atoms. The Balaban J connectivity index is 2.07. The molecule has 2 rings (SSSR count).